The van der Waals surface area contributed by atoms with Gasteiger partial charge in [-0.1, -0.05) is 19.0 Å². The lowest BCUT2D eigenvalue weighted by Gasteiger charge is -2.28. The topological polar surface area (TPSA) is 61.8 Å². The van der Waals surface area contributed by atoms with Crippen molar-refractivity contribution in [1.29, 1.82) is 0 Å². The van der Waals surface area contributed by atoms with Crippen molar-refractivity contribution in [3.8, 4) is 0 Å². The summed E-state index contributed by atoms with van der Waals surface area (Å²) in [7, 11) is 0. The average Bonchev–Trinajstić information content (AvgIpc) is 2.21. The number of unbranched alkanes of at least 4 members (excludes halogenated alkanes) is 1. The van der Waals surface area contributed by atoms with Crippen molar-refractivity contribution in [2.24, 2.45) is 16.8 Å². The highest BCUT2D eigenvalue weighted by Gasteiger charge is 2.10. The first kappa shape index (κ1) is 15.2. The van der Waals surface area contributed by atoms with E-state index in [0.29, 0.717) is 24.2 Å². The van der Waals surface area contributed by atoms with Gasteiger partial charge in [0.1, 0.15) is 5.84 Å². The van der Waals surface area contributed by atoms with Gasteiger partial charge in [0.05, 0.1) is 0 Å². The minimum absolute atomic E-state index is 0.333. The first-order valence-corrected chi connectivity index (χ1v) is 6.17. The molecule has 3 N–H and O–H groups in total. The van der Waals surface area contributed by atoms with Gasteiger partial charge in [0.2, 0.25) is 0 Å². The van der Waals surface area contributed by atoms with Crippen LogP contribution in [0, 0.1) is 5.92 Å². The van der Waals surface area contributed by atoms with E-state index in [9.17, 15) is 0 Å². The lowest BCUT2D eigenvalue weighted by molar-refractivity contribution is 0.194. The molecular weight excluding hydrogens is 202 g/mol. The molecule has 0 heterocycles. The second-order valence-corrected chi connectivity index (χ2v) is 5.03. The Hall–Kier alpha value is -0.770. The Bertz CT molecular complexity index is 202. The molecule has 16 heavy (non-hydrogen) atoms. The molecule has 96 valence electrons. The summed E-state index contributed by atoms with van der Waals surface area (Å²) in [4.78, 5) is 2.48. The number of nitrogens with two attached hydrogens (primary N) is 1. The van der Waals surface area contributed by atoms with E-state index >= 15 is 0 Å². The summed E-state index contributed by atoms with van der Waals surface area (Å²) in [6.07, 6.45) is 2.77. The van der Waals surface area contributed by atoms with Crippen molar-refractivity contribution in [3.05, 3.63) is 0 Å². The van der Waals surface area contributed by atoms with Crippen molar-refractivity contribution >= 4 is 5.84 Å². The van der Waals surface area contributed by atoms with E-state index in [-0.39, 0.29) is 0 Å². The third kappa shape index (κ3) is 7.51. The second-order valence-electron chi connectivity index (χ2n) is 5.03. The van der Waals surface area contributed by atoms with Crippen LogP contribution >= 0.6 is 0 Å². The van der Waals surface area contributed by atoms with Crippen LogP contribution in [0.25, 0.3) is 0 Å². The molecule has 0 aromatic heterocycles. The Morgan fingerprint density at radius 1 is 1.25 bits per heavy atom. The van der Waals surface area contributed by atoms with Crippen molar-refractivity contribution in [2.45, 2.75) is 53.0 Å². The summed E-state index contributed by atoms with van der Waals surface area (Å²) in [5.41, 5.74) is 5.42. The third-order valence-electron chi connectivity index (χ3n) is 2.59. The fraction of sp³-hybridized carbons (Fsp3) is 0.917. The lowest BCUT2D eigenvalue weighted by atomic mass is 10.1. The van der Waals surface area contributed by atoms with Gasteiger partial charge in [-0.3, -0.25) is 0 Å². The molecular formula is C12H27N3O. The Morgan fingerprint density at radius 3 is 2.31 bits per heavy atom. The van der Waals surface area contributed by atoms with Gasteiger partial charge in [0.25, 0.3) is 0 Å². The van der Waals surface area contributed by atoms with Crippen LogP contribution < -0.4 is 5.73 Å². The van der Waals surface area contributed by atoms with E-state index in [1.807, 2.05) is 0 Å². The van der Waals surface area contributed by atoms with Crippen LogP contribution in [0.4, 0.5) is 0 Å². The molecule has 0 saturated heterocycles. The van der Waals surface area contributed by atoms with Crippen molar-refractivity contribution in [2.75, 3.05) is 13.1 Å². The van der Waals surface area contributed by atoms with Gasteiger partial charge >= 0.3 is 0 Å². The predicted octanol–water partition coefficient (Wildman–Crippen LogP) is 2.27. The number of hydrogen-bond acceptors (Lipinski definition) is 3. The molecule has 0 aliphatic carbocycles. The summed E-state index contributed by atoms with van der Waals surface area (Å²) >= 11 is 0. The molecule has 4 heteroatoms. The molecule has 4 nitrogen and oxygen atoms in total. The zero-order valence-electron chi connectivity index (χ0n) is 11.1. The van der Waals surface area contributed by atoms with Crippen LogP contribution in [0.2, 0.25) is 0 Å². The smallest absolute Gasteiger partial charge is 0.139 e. The van der Waals surface area contributed by atoms with E-state index in [4.69, 9.17) is 10.9 Å². The SMILES string of the molecule is CC(C)CN(CCCCC(N)=NO)C(C)C. The van der Waals surface area contributed by atoms with Crippen molar-refractivity contribution in [1.82, 2.24) is 4.90 Å². The lowest BCUT2D eigenvalue weighted by Crippen LogP contribution is -2.35. The zero-order chi connectivity index (χ0) is 12.6. The van der Waals surface area contributed by atoms with Crippen LogP contribution in [0.15, 0.2) is 5.16 Å². The first-order chi connectivity index (χ1) is 7.47. The summed E-state index contributed by atoms with van der Waals surface area (Å²) in [6, 6.07) is 0.589. The average molecular weight is 229 g/mol. The van der Waals surface area contributed by atoms with E-state index < -0.39 is 0 Å². The fourth-order valence-corrected chi connectivity index (χ4v) is 1.70. The summed E-state index contributed by atoms with van der Waals surface area (Å²) in [5.74, 6) is 1.03. The Morgan fingerprint density at radius 2 is 1.88 bits per heavy atom. The van der Waals surface area contributed by atoms with E-state index in [1.165, 1.54) is 0 Å². The minimum Gasteiger partial charge on any atom is -0.409 e. The van der Waals surface area contributed by atoms with Gasteiger partial charge < -0.3 is 15.8 Å². The van der Waals surface area contributed by atoms with Crippen LogP contribution in [0.1, 0.15) is 47.0 Å². The van der Waals surface area contributed by atoms with Gasteiger partial charge in [-0.15, -0.1) is 0 Å². The van der Waals surface area contributed by atoms with E-state index in [2.05, 4.69) is 37.8 Å². The van der Waals surface area contributed by atoms with Crippen molar-refractivity contribution in [3.63, 3.8) is 0 Å². The largest absolute Gasteiger partial charge is 0.409 e. The predicted molar refractivity (Wildman–Crippen MR) is 68.8 cm³/mol. The fourth-order valence-electron chi connectivity index (χ4n) is 1.70. The monoisotopic (exact) mass is 229 g/mol. The highest BCUT2D eigenvalue weighted by atomic mass is 16.4. The normalized spacial score (nSPS) is 13.1. The summed E-state index contributed by atoms with van der Waals surface area (Å²) in [5, 5.41) is 11.4. The number of rotatable bonds is 8. The highest BCUT2D eigenvalue weighted by molar-refractivity contribution is 5.79. The molecule has 0 aliphatic heterocycles. The first-order valence-electron chi connectivity index (χ1n) is 6.17. The molecule has 0 unspecified atom stereocenters. The van der Waals surface area contributed by atoms with Gasteiger partial charge in [-0.2, -0.15) is 0 Å². The van der Waals surface area contributed by atoms with Crippen LogP contribution in [-0.2, 0) is 0 Å². The van der Waals surface area contributed by atoms with Crippen LogP contribution in [0.3, 0.4) is 0 Å². The minimum atomic E-state index is 0.333. The van der Waals surface area contributed by atoms with E-state index in [1.54, 1.807) is 0 Å². The van der Waals surface area contributed by atoms with Crippen molar-refractivity contribution < 1.29 is 5.21 Å². The molecule has 0 spiro atoms. The number of hydrogen-bond donors (Lipinski definition) is 2. The summed E-state index contributed by atoms with van der Waals surface area (Å²) < 4.78 is 0. The molecule has 0 aromatic rings. The molecule has 0 saturated carbocycles. The number of oxime groups is 1. The molecule has 0 radical (unpaired) electrons. The zero-order valence-corrected chi connectivity index (χ0v) is 11.1. The van der Waals surface area contributed by atoms with Gasteiger partial charge in [-0.05, 0) is 39.2 Å². The molecule has 0 aliphatic rings. The quantitative estimate of drug-likeness (QED) is 0.221. The molecule has 0 aromatic carbocycles. The second kappa shape index (κ2) is 8.39. The molecule has 0 fully saturated rings. The van der Waals surface area contributed by atoms with Crippen LogP contribution in [-0.4, -0.2) is 35.1 Å². The van der Waals surface area contributed by atoms with Gasteiger partial charge in [-0.25, -0.2) is 0 Å². The summed E-state index contributed by atoms with van der Waals surface area (Å²) in [6.45, 7) is 11.2. The number of amidine groups is 1. The molecule has 0 bridgehead atoms. The Balaban J connectivity index is 3.77. The van der Waals surface area contributed by atoms with Gasteiger partial charge in [0, 0.05) is 19.0 Å². The van der Waals surface area contributed by atoms with E-state index in [0.717, 1.165) is 25.9 Å². The molecule has 0 atom stereocenters. The maximum atomic E-state index is 8.40. The maximum Gasteiger partial charge on any atom is 0.139 e. The Kier molecular flexibility index (Phi) is 7.99. The Labute approximate surface area is 99.5 Å². The van der Waals surface area contributed by atoms with Gasteiger partial charge in [0.15, 0.2) is 0 Å². The standard InChI is InChI=1S/C12H27N3O/c1-10(2)9-15(11(3)4)8-6-5-7-12(13)14-16/h10-11,16H,5-9H2,1-4H3,(H2,13,14). The highest BCUT2D eigenvalue weighted by Crippen LogP contribution is 2.07. The van der Waals surface area contributed by atoms with Crippen LogP contribution in [0.5, 0.6) is 0 Å². The molecule has 0 rings (SSSR count). The third-order valence-corrected chi connectivity index (χ3v) is 2.59. The number of nitrogens with zero attached hydrogens (tertiary/aromatic N) is 2. The molecule has 0 amide bonds. The maximum absolute atomic E-state index is 8.40.